The zero-order chi connectivity index (χ0) is 8.27. The van der Waals surface area contributed by atoms with Gasteiger partial charge < -0.3 is 10.8 Å². The first kappa shape index (κ1) is 8.24. The van der Waals surface area contributed by atoms with E-state index in [9.17, 15) is 5.11 Å². The second-order valence-corrected chi connectivity index (χ2v) is 2.71. The minimum Gasteiger partial charge on any atom is -0.387 e. The lowest BCUT2D eigenvalue weighted by atomic mass is 10.1. The van der Waals surface area contributed by atoms with Crippen LogP contribution in [0.25, 0.3) is 0 Å². The van der Waals surface area contributed by atoms with E-state index in [0.717, 1.165) is 5.56 Å². The Bertz CT molecular complexity index is 208. The molecule has 0 heterocycles. The Labute approximate surface area is 66.7 Å². The summed E-state index contributed by atoms with van der Waals surface area (Å²) >= 11 is 0. The number of hydrogen-bond acceptors (Lipinski definition) is 2. The van der Waals surface area contributed by atoms with Gasteiger partial charge in [-0.1, -0.05) is 30.3 Å². The Morgan fingerprint density at radius 2 is 1.82 bits per heavy atom. The monoisotopic (exact) mass is 152 g/mol. The SMILES string of the molecule is CC(N)C(O)c1cccc[13cH]1. The van der Waals surface area contributed by atoms with E-state index in [2.05, 4.69) is 0 Å². The Morgan fingerprint density at radius 1 is 1.27 bits per heavy atom. The molecule has 0 bridgehead atoms. The normalized spacial score (nSPS) is 15.9. The molecule has 60 valence electrons. The molecule has 0 saturated heterocycles. The van der Waals surface area contributed by atoms with Crippen molar-refractivity contribution in [1.29, 1.82) is 0 Å². The molecule has 0 spiro atoms. The molecule has 2 unspecified atom stereocenters. The van der Waals surface area contributed by atoms with Crippen molar-refractivity contribution >= 4 is 0 Å². The summed E-state index contributed by atoms with van der Waals surface area (Å²) in [6.07, 6.45) is -0.545. The van der Waals surface area contributed by atoms with Gasteiger partial charge in [-0.05, 0) is 12.5 Å². The van der Waals surface area contributed by atoms with Crippen LogP contribution in [0.1, 0.15) is 18.6 Å². The van der Waals surface area contributed by atoms with Crippen LogP contribution in [0.3, 0.4) is 0 Å². The standard InChI is InChI=1S/C9H13NO/c1-7(10)9(11)8-5-3-2-4-6-8/h2-7,9,11H,10H2,1H3/i5+1. The maximum atomic E-state index is 9.47. The third-order valence-electron chi connectivity index (χ3n) is 1.64. The van der Waals surface area contributed by atoms with Crippen molar-refractivity contribution < 1.29 is 5.11 Å². The van der Waals surface area contributed by atoms with Crippen LogP contribution in [0.5, 0.6) is 0 Å². The molecule has 0 amide bonds. The molecule has 0 radical (unpaired) electrons. The molecule has 1 rings (SSSR count). The molecule has 1 aromatic carbocycles. The average molecular weight is 152 g/mol. The van der Waals surface area contributed by atoms with E-state index in [1.807, 2.05) is 30.3 Å². The zero-order valence-electron chi connectivity index (χ0n) is 6.57. The summed E-state index contributed by atoms with van der Waals surface area (Å²) < 4.78 is 0. The third kappa shape index (κ3) is 2.03. The van der Waals surface area contributed by atoms with Crippen LogP contribution >= 0.6 is 0 Å². The van der Waals surface area contributed by atoms with Crippen LogP contribution in [0, 0.1) is 0 Å². The van der Waals surface area contributed by atoms with Crippen molar-refractivity contribution in [3.8, 4) is 0 Å². The molecule has 0 aliphatic carbocycles. The number of aliphatic hydroxyl groups is 1. The van der Waals surface area contributed by atoms with E-state index in [-0.39, 0.29) is 6.04 Å². The molecule has 0 aliphatic rings. The van der Waals surface area contributed by atoms with Crippen LogP contribution < -0.4 is 5.73 Å². The van der Waals surface area contributed by atoms with Gasteiger partial charge in [-0.25, -0.2) is 0 Å². The van der Waals surface area contributed by atoms with E-state index in [1.165, 1.54) is 0 Å². The first-order chi connectivity index (χ1) is 5.22. The first-order valence-electron chi connectivity index (χ1n) is 3.70. The van der Waals surface area contributed by atoms with Gasteiger partial charge in [0.15, 0.2) is 0 Å². The Kier molecular flexibility index (Phi) is 2.63. The number of nitrogens with two attached hydrogens (primary N) is 1. The molecule has 2 heteroatoms. The van der Waals surface area contributed by atoms with Gasteiger partial charge in [0.1, 0.15) is 0 Å². The topological polar surface area (TPSA) is 46.2 Å². The van der Waals surface area contributed by atoms with Crippen LogP contribution in [0.2, 0.25) is 0 Å². The van der Waals surface area contributed by atoms with Gasteiger partial charge in [0.2, 0.25) is 0 Å². The van der Waals surface area contributed by atoms with Gasteiger partial charge in [-0.15, -0.1) is 0 Å². The smallest absolute Gasteiger partial charge is 0.0938 e. The van der Waals surface area contributed by atoms with Crippen molar-refractivity contribution in [2.24, 2.45) is 5.73 Å². The van der Waals surface area contributed by atoms with Gasteiger partial charge >= 0.3 is 0 Å². The van der Waals surface area contributed by atoms with E-state index in [1.54, 1.807) is 6.92 Å². The van der Waals surface area contributed by atoms with Gasteiger partial charge in [-0.2, -0.15) is 0 Å². The predicted octanol–water partition coefficient (Wildman–Crippen LogP) is 1.07. The highest BCUT2D eigenvalue weighted by atomic mass is 16.3. The summed E-state index contributed by atoms with van der Waals surface area (Å²) in [5, 5.41) is 9.47. The summed E-state index contributed by atoms with van der Waals surface area (Å²) in [5.41, 5.74) is 6.40. The molecule has 1 aromatic rings. The van der Waals surface area contributed by atoms with Crippen LogP contribution in [0.15, 0.2) is 30.3 Å². The fraction of sp³-hybridized carbons (Fsp3) is 0.333. The van der Waals surface area contributed by atoms with E-state index in [0.29, 0.717) is 0 Å². The minimum absolute atomic E-state index is 0.211. The third-order valence-corrected chi connectivity index (χ3v) is 1.64. The second-order valence-electron chi connectivity index (χ2n) is 2.71. The van der Waals surface area contributed by atoms with Crippen molar-refractivity contribution in [3.63, 3.8) is 0 Å². The summed E-state index contributed by atoms with van der Waals surface area (Å²) in [6.45, 7) is 1.79. The van der Waals surface area contributed by atoms with E-state index in [4.69, 9.17) is 5.73 Å². The fourth-order valence-corrected chi connectivity index (χ4v) is 0.954. The molecule has 0 aliphatic heterocycles. The quantitative estimate of drug-likeness (QED) is 0.665. The molecule has 2 atom stereocenters. The van der Waals surface area contributed by atoms with Gasteiger partial charge in [0.25, 0.3) is 0 Å². The second kappa shape index (κ2) is 3.51. The summed E-state index contributed by atoms with van der Waals surface area (Å²) in [6, 6.07) is 9.22. The first-order valence-corrected chi connectivity index (χ1v) is 3.70. The number of aliphatic hydroxyl groups excluding tert-OH is 1. The highest BCUT2D eigenvalue weighted by Gasteiger charge is 2.10. The van der Waals surface area contributed by atoms with Gasteiger partial charge in [-0.3, -0.25) is 0 Å². The van der Waals surface area contributed by atoms with Crippen molar-refractivity contribution in [2.45, 2.75) is 19.1 Å². The van der Waals surface area contributed by atoms with E-state index < -0.39 is 6.10 Å². The molecule has 0 fully saturated rings. The van der Waals surface area contributed by atoms with Crippen molar-refractivity contribution in [2.75, 3.05) is 0 Å². The van der Waals surface area contributed by atoms with Gasteiger partial charge in [0, 0.05) is 6.04 Å². The summed E-state index contributed by atoms with van der Waals surface area (Å²) in [5.74, 6) is 0. The highest BCUT2D eigenvalue weighted by Crippen LogP contribution is 2.13. The number of hydrogen-bond donors (Lipinski definition) is 2. The Balaban J connectivity index is 2.77. The molecule has 0 saturated carbocycles. The fourth-order valence-electron chi connectivity index (χ4n) is 0.954. The van der Waals surface area contributed by atoms with Crippen LogP contribution in [-0.4, -0.2) is 11.1 Å². The zero-order valence-corrected chi connectivity index (χ0v) is 6.57. The van der Waals surface area contributed by atoms with Crippen molar-refractivity contribution in [3.05, 3.63) is 35.9 Å². The van der Waals surface area contributed by atoms with Gasteiger partial charge in [0.05, 0.1) is 6.10 Å². The van der Waals surface area contributed by atoms with Crippen molar-refractivity contribution in [1.82, 2.24) is 0 Å². The maximum Gasteiger partial charge on any atom is 0.0938 e. The molecule has 0 aromatic heterocycles. The lowest BCUT2D eigenvalue weighted by Crippen LogP contribution is -2.24. The maximum absolute atomic E-state index is 9.47. The summed E-state index contributed by atoms with van der Waals surface area (Å²) in [7, 11) is 0. The number of rotatable bonds is 2. The average Bonchev–Trinajstić information content (AvgIpc) is 2.05. The Morgan fingerprint density at radius 3 is 2.27 bits per heavy atom. The lowest BCUT2D eigenvalue weighted by Gasteiger charge is -2.13. The molecule has 2 nitrogen and oxygen atoms in total. The van der Waals surface area contributed by atoms with Crippen LogP contribution in [0.4, 0.5) is 0 Å². The lowest BCUT2D eigenvalue weighted by molar-refractivity contribution is 0.153. The summed E-state index contributed by atoms with van der Waals surface area (Å²) in [4.78, 5) is 0. The minimum atomic E-state index is -0.545. The highest BCUT2D eigenvalue weighted by molar-refractivity contribution is 5.18. The largest absolute Gasteiger partial charge is 0.387 e. The van der Waals surface area contributed by atoms with E-state index >= 15 is 0 Å². The molecular weight excluding hydrogens is 139 g/mol. The van der Waals surface area contributed by atoms with Crippen LogP contribution in [-0.2, 0) is 0 Å². The molecule has 11 heavy (non-hydrogen) atoms. The Hall–Kier alpha value is -0.860. The molecule has 3 N–H and O–H groups in total. The number of benzene rings is 1. The predicted molar refractivity (Wildman–Crippen MR) is 45.1 cm³/mol. The molecular formula is C9H13NO.